The van der Waals surface area contributed by atoms with Crippen molar-refractivity contribution >= 4 is 17.2 Å². The summed E-state index contributed by atoms with van der Waals surface area (Å²) in [7, 11) is 0. The fourth-order valence-electron chi connectivity index (χ4n) is 2.72. The topological polar surface area (TPSA) is 58.4 Å². The molecule has 0 saturated carbocycles. The molecule has 6 heteroatoms. The first kappa shape index (κ1) is 15.2. The molecule has 3 heterocycles. The highest BCUT2D eigenvalue weighted by atomic mass is 32.1. The molecule has 0 aromatic carbocycles. The Kier molecular flexibility index (Phi) is 4.06. The molecule has 3 rings (SSSR count). The summed E-state index contributed by atoms with van der Waals surface area (Å²) < 4.78 is 5.61. The minimum Gasteiger partial charge on any atom is -0.459 e. The maximum absolute atomic E-state index is 12.9. The number of amides is 1. The first-order valence-corrected chi connectivity index (χ1v) is 8.37. The number of carbonyl (C=O) groups is 1. The van der Waals surface area contributed by atoms with Crippen molar-refractivity contribution in [3.8, 4) is 10.8 Å². The molecule has 1 saturated heterocycles. The first-order chi connectivity index (χ1) is 10.5. The number of hydrogen-bond acceptors (Lipinski definition) is 5. The van der Waals surface area contributed by atoms with Crippen LogP contribution in [0.2, 0.25) is 0 Å². The summed E-state index contributed by atoms with van der Waals surface area (Å²) >= 11 is 1.41. The van der Waals surface area contributed by atoms with Crippen molar-refractivity contribution in [2.45, 2.75) is 39.8 Å². The summed E-state index contributed by atoms with van der Waals surface area (Å²) in [5, 5.41) is 4.16. The van der Waals surface area contributed by atoms with E-state index in [1.165, 1.54) is 11.3 Å². The Morgan fingerprint density at radius 1 is 1.41 bits per heavy atom. The van der Waals surface area contributed by atoms with E-state index in [4.69, 9.17) is 4.42 Å². The second-order valence-corrected chi connectivity index (χ2v) is 6.82. The van der Waals surface area contributed by atoms with E-state index in [1.54, 1.807) is 0 Å². The average molecular weight is 319 g/mol. The molecule has 0 bridgehead atoms. The van der Waals surface area contributed by atoms with E-state index in [9.17, 15) is 4.79 Å². The van der Waals surface area contributed by atoms with Crippen molar-refractivity contribution in [1.82, 2.24) is 15.2 Å². The third-order valence-corrected chi connectivity index (χ3v) is 5.40. The lowest BCUT2D eigenvalue weighted by Crippen LogP contribution is -2.57. The van der Waals surface area contributed by atoms with Crippen LogP contribution in [0, 0.1) is 13.8 Å². The molecular formula is C16H21N3O2S. The average Bonchev–Trinajstić information content (AvgIpc) is 3.07. The van der Waals surface area contributed by atoms with Crippen molar-refractivity contribution in [3.05, 3.63) is 28.5 Å². The number of thiazole rings is 1. The number of nitrogens with one attached hydrogen (secondary N) is 1. The number of aryl methyl sites for hydroxylation is 2. The van der Waals surface area contributed by atoms with Gasteiger partial charge in [0.25, 0.3) is 5.91 Å². The predicted octanol–water partition coefficient (Wildman–Crippen LogP) is 2.84. The number of nitrogens with zero attached hydrogens (tertiary/aromatic N) is 2. The molecule has 22 heavy (non-hydrogen) atoms. The standard InChI is InChI=1S/C16H21N3O2S/c1-9-5-6-13(21-9)15-18-11(3)14(22-15)16(20)19-8-7-17-10(2)12(19)4/h5-6,10,12,17H,7-8H2,1-4H3. The van der Waals surface area contributed by atoms with Crippen LogP contribution in [-0.4, -0.2) is 41.0 Å². The van der Waals surface area contributed by atoms with Crippen molar-refractivity contribution in [2.75, 3.05) is 13.1 Å². The zero-order valence-corrected chi connectivity index (χ0v) is 14.2. The molecule has 2 aromatic heterocycles. The monoisotopic (exact) mass is 319 g/mol. The van der Waals surface area contributed by atoms with E-state index in [0.29, 0.717) is 10.9 Å². The van der Waals surface area contributed by atoms with Crippen LogP contribution in [0.1, 0.15) is 35.0 Å². The number of carbonyl (C=O) groups excluding carboxylic acids is 1. The molecule has 2 atom stereocenters. The number of hydrogen-bond donors (Lipinski definition) is 1. The molecule has 0 aliphatic carbocycles. The smallest absolute Gasteiger partial charge is 0.266 e. The zero-order chi connectivity index (χ0) is 15.9. The summed E-state index contributed by atoms with van der Waals surface area (Å²) in [4.78, 5) is 20.0. The minimum atomic E-state index is 0.0744. The van der Waals surface area contributed by atoms with E-state index >= 15 is 0 Å². The number of aromatic nitrogens is 1. The molecule has 118 valence electrons. The van der Waals surface area contributed by atoms with E-state index in [0.717, 1.165) is 35.3 Å². The van der Waals surface area contributed by atoms with Gasteiger partial charge in [0, 0.05) is 25.2 Å². The fraction of sp³-hybridized carbons (Fsp3) is 0.500. The zero-order valence-electron chi connectivity index (χ0n) is 13.3. The summed E-state index contributed by atoms with van der Waals surface area (Å²) in [6, 6.07) is 4.29. The second-order valence-electron chi connectivity index (χ2n) is 5.83. The Hall–Kier alpha value is -1.66. The van der Waals surface area contributed by atoms with Crippen LogP contribution < -0.4 is 5.32 Å². The van der Waals surface area contributed by atoms with Gasteiger partial charge in [0.15, 0.2) is 10.8 Å². The molecule has 1 amide bonds. The quantitative estimate of drug-likeness (QED) is 0.925. The Morgan fingerprint density at radius 2 is 2.18 bits per heavy atom. The highest BCUT2D eigenvalue weighted by Crippen LogP contribution is 2.30. The molecule has 1 N–H and O–H groups in total. The van der Waals surface area contributed by atoms with Crippen LogP contribution in [-0.2, 0) is 0 Å². The second kappa shape index (κ2) is 5.85. The highest BCUT2D eigenvalue weighted by Gasteiger charge is 2.31. The molecule has 2 unspecified atom stereocenters. The molecule has 5 nitrogen and oxygen atoms in total. The van der Waals surface area contributed by atoms with Crippen molar-refractivity contribution in [3.63, 3.8) is 0 Å². The van der Waals surface area contributed by atoms with Gasteiger partial charge in [-0.05, 0) is 39.8 Å². The van der Waals surface area contributed by atoms with Gasteiger partial charge >= 0.3 is 0 Å². The lowest BCUT2D eigenvalue weighted by molar-refractivity contribution is 0.0607. The van der Waals surface area contributed by atoms with Gasteiger partial charge in [0.05, 0.1) is 5.69 Å². The van der Waals surface area contributed by atoms with Crippen LogP contribution in [0.3, 0.4) is 0 Å². The Bertz CT molecular complexity index is 691. The Balaban J connectivity index is 1.88. The van der Waals surface area contributed by atoms with Gasteiger partial charge in [-0.25, -0.2) is 4.98 Å². The molecule has 1 aliphatic rings. The third-order valence-electron chi connectivity index (χ3n) is 4.24. The summed E-state index contributed by atoms with van der Waals surface area (Å²) in [6.45, 7) is 9.55. The Morgan fingerprint density at radius 3 is 2.86 bits per heavy atom. The normalized spacial score (nSPS) is 22.1. The minimum absolute atomic E-state index is 0.0744. The van der Waals surface area contributed by atoms with E-state index in [-0.39, 0.29) is 11.9 Å². The van der Waals surface area contributed by atoms with Crippen LogP contribution in [0.15, 0.2) is 16.5 Å². The Labute approximate surface area is 134 Å². The third kappa shape index (κ3) is 2.68. The van der Waals surface area contributed by atoms with Crippen LogP contribution in [0.25, 0.3) is 10.8 Å². The van der Waals surface area contributed by atoms with E-state index in [1.807, 2.05) is 30.9 Å². The maximum atomic E-state index is 12.9. The summed E-state index contributed by atoms with van der Waals surface area (Å²) in [5.41, 5.74) is 0.775. The number of rotatable bonds is 2. The van der Waals surface area contributed by atoms with Gasteiger partial charge in [-0.3, -0.25) is 4.79 Å². The van der Waals surface area contributed by atoms with E-state index < -0.39 is 0 Å². The van der Waals surface area contributed by atoms with Gasteiger partial charge in [0.2, 0.25) is 0 Å². The van der Waals surface area contributed by atoms with Gasteiger partial charge in [-0.15, -0.1) is 11.3 Å². The lowest BCUT2D eigenvalue weighted by Gasteiger charge is -2.38. The van der Waals surface area contributed by atoms with Gasteiger partial charge in [-0.2, -0.15) is 0 Å². The van der Waals surface area contributed by atoms with Crippen LogP contribution >= 0.6 is 11.3 Å². The SMILES string of the molecule is Cc1ccc(-c2nc(C)c(C(=O)N3CCNC(C)C3C)s2)o1. The molecule has 0 radical (unpaired) electrons. The van der Waals surface area contributed by atoms with Crippen molar-refractivity contribution in [2.24, 2.45) is 0 Å². The lowest BCUT2D eigenvalue weighted by atomic mass is 10.1. The first-order valence-electron chi connectivity index (χ1n) is 7.56. The summed E-state index contributed by atoms with van der Waals surface area (Å²) in [6.07, 6.45) is 0. The van der Waals surface area contributed by atoms with Crippen molar-refractivity contribution < 1.29 is 9.21 Å². The van der Waals surface area contributed by atoms with Crippen LogP contribution in [0.4, 0.5) is 0 Å². The predicted molar refractivity (Wildman–Crippen MR) is 87.3 cm³/mol. The maximum Gasteiger partial charge on any atom is 0.266 e. The van der Waals surface area contributed by atoms with E-state index in [2.05, 4.69) is 24.1 Å². The number of furan rings is 1. The molecule has 1 fully saturated rings. The van der Waals surface area contributed by atoms with Crippen LogP contribution in [0.5, 0.6) is 0 Å². The fourth-order valence-corrected chi connectivity index (χ4v) is 3.71. The molecular weight excluding hydrogens is 298 g/mol. The van der Waals surface area contributed by atoms with Gasteiger partial charge < -0.3 is 14.6 Å². The highest BCUT2D eigenvalue weighted by molar-refractivity contribution is 7.17. The molecule has 2 aromatic rings. The largest absolute Gasteiger partial charge is 0.459 e. The van der Waals surface area contributed by atoms with Gasteiger partial charge in [-0.1, -0.05) is 0 Å². The number of piperazine rings is 1. The summed E-state index contributed by atoms with van der Waals surface area (Å²) in [5.74, 6) is 1.65. The van der Waals surface area contributed by atoms with Crippen molar-refractivity contribution in [1.29, 1.82) is 0 Å². The molecule has 0 spiro atoms. The molecule has 1 aliphatic heterocycles. The van der Waals surface area contributed by atoms with Gasteiger partial charge in [0.1, 0.15) is 10.6 Å².